The number of nitrogens with zero attached hydrogens (tertiary/aromatic N) is 5. The van der Waals surface area contributed by atoms with Crippen molar-refractivity contribution < 1.29 is 14.3 Å². The van der Waals surface area contributed by atoms with Gasteiger partial charge in [-0.3, -0.25) is 4.79 Å². The molecule has 0 atom stereocenters. The van der Waals surface area contributed by atoms with Gasteiger partial charge in [-0.05, 0) is 60.0 Å². The van der Waals surface area contributed by atoms with Crippen LogP contribution >= 0.6 is 0 Å². The van der Waals surface area contributed by atoms with E-state index in [9.17, 15) is 9.59 Å². The molecule has 2 aliphatic rings. The summed E-state index contributed by atoms with van der Waals surface area (Å²) in [6.45, 7) is 8.88. The second-order valence-electron chi connectivity index (χ2n) is 10.7. The first-order valence-corrected chi connectivity index (χ1v) is 14.8. The van der Waals surface area contributed by atoms with E-state index in [2.05, 4.69) is 50.4 Å². The molecule has 42 heavy (non-hydrogen) atoms. The molecule has 0 unspecified atom stereocenters. The SMILES string of the molecule is CC(=O)Nc1cc(-c2cccc(CN(CCCN)C(=O)N3CCOCC3)c2)ccc1N1CCN(c2ccccn2)CC1. The predicted octanol–water partition coefficient (Wildman–Crippen LogP) is 3.64. The van der Waals surface area contributed by atoms with Gasteiger partial charge in [-0.2, -0.15) is 0 Å². The van der Waals surface area contributed by atoms with Gasteiger partial charge in [0.1, 0.15) is 5.82 Å². The molecule has 10 heteroatoms. The Balaban J connectivity index is 1.33. The average molecular weight is 572 g/mol. The second-order valence-corrected chi connectivity index (χ2v) is 10.7. The lowest BCUT2D eigenvalue weighted by Crippen LogP contribution is -2.48. The lowest BCUT2D eigenvalue weighted by Gasteiger charge is -2.37. The van der Waals surface area contributed by atoms with Crippen molar-refractivity contribution in [3.05, 3.63) is 72.4 Å². The first kappa shape index (κ1) is 29.3. The standard InChI is InChI=1S/C32H41N7O3/c1-25(40)35-29-23-28(9-10-30(29)36-14-16-37(17-15-36)31-8-2-3-12-34-31)27-7-4-6-26(22-27)24-39(13-5-11-33)32(41)38-18-20-42-21-19-38/h2-4,6-10,12,22-23H,5,11,13-21,24,33H2,1H3,(H,35,40). The van der Waals surface area contributed by atoms with E-state index in [1.165, 1.54) is 6.92 Å². The molecule has 0 aliphatic carbocycles. The topological polar surface area (TPSA) is 107 Å². The van der Waals surface area contributed by atoms with E-state index < -0.39 is 0 Å². The minimum atomic E-state index is -0.105. The van der Waals surface area contributed by atoms with Crippen LogP contribution < -0.4 is 20.9 Å². The van der Waals surface area contributed by atoms with E-state index in [-0.39, 0.29) is 11.9 Å². The van der Waals surface area contributed by atoms with Gasteiger partial charge in [0.05, 0.1) is 24.6 Å². The first-order chi connectivity index (χ1) is 20.5. The van der Waals surface area contributed by atoms with E-state index in [0.717, 1.165) is 66.5 Å². The fraction of sp³-hybridized carbons (Fsp3) is 0.406. The highest BCUT2D eigenvalue weighted by molar-refractivity contribution is 5.94. The van der Waals surface area contributed by atoms with Crippen molar-refractivity contribution in [1.82, 2.24) is 14.8 Å². The van der Waals surface area contributed by atoms with Gasteiger partial charge in [-0.25, -0.2) is 9.78 Å². The largest absolute Gasteiger partial charge is 0.378 e. The van der Waals surface area contributed by atoms with Crippen LogP contribution in [0.25, 0.3) is 11.1 Å². The maximum atomic E-state index is 13.3. The predicted molar refractivity (Wildman–Crippen MR) is 167 cm³/mol. The van der Waals surface area contributed by atoms with Gasteiger partial charge in [-0.1, -0.05) is 30.3 Å². The zero-order valence-electron chi connectivity index (χ0n) is 24.4. The minimum absolute atomic E-state index is 0.0255. The maximum absolute atomic E-state index is 13.3. The van der Waals surface area contributed by atoms with Gasteiger partial charge in [0.2, 0.25) is 5.91 Å². The molecular weight excluding hydrogens is 530 g/mol. The normalized spacial score (nSPS) is 15.4. The summed E-state index contributed by atoms with van der Waals surface area (Å²) in [5, 5.41) is 3.06. The number of benzene rings is 2. The fourth-order valence-electron chi connectivity index (χ4n) is 5.55. The number of nitrogens with one attached hydrogen (secondary N) is 1. The monoisotopic (exact) mass is 571 g/mol. The quantitative estimate of drug-likeness (QED) is 0.404. The van der Waals surface area contributed by atoms with Crippen LogP contribution in [0.4, 0.5) is 22.0 Å². The van der Waals surface area contributed by atoms with Crippen molar-refractivity contribution in [1.29, 1.82) is 0 Å². The Kier molecular flexibility index (Phi) is 9.89. The van der Waals surface area contributed by atoms with Crippen molar-refractivity contribution in [3.8, 4) is 11.1 Å². The van der Waals surface area contributed by atoms with Crippen LogP contribution in [0.1, 0.15) is 18.9 Å². The van der Waals surface area contributed by atoms with Crippen molar-refractivity contribution in [2.75, 3.05) is 80.7 Å². The lowest BCUT2D eigenvalue weighted by atomic mass is 10.0. The molecule has 0 radical (unpaired) electrons. The number of pyridine rings is 1. The van der Waals surface area contributed by atoms with Gasteiger partial charge < -0.3 is 35.4 Å². The zero-order chi connectivity index (χ0) is 29.3. The number of carbonyl (C=O) groups excluding carboxylic acids is 2. The van der Waals surface area contributed by atoms with E-state index >= 15 is 0 Å². The Labute approximate surface area is 248 Å². The molecule has 5 rings (SSSR count). The van der Waals surface area contributed by atoms with Gasteiger partial charge in [0.25, 0.3) is 0 Å². The van der Waals surface area contributed by atoms with Gasteiger partial charge in [0.15, 0.2) is 0 Å². The van der Waals surface area contributed by atoms with Crippen molar-refractivity contribution in [2.45, 2.75) is 19.9 Å². The molecule has 2 aliphatic heterocycles. The number of anilines is 3. The van der Waals surface area contributed by atoms with Crippen LogP contribution in [0.15, 0.2) is 66.9 Å². The molecule has 3 amide bonds. The molecule has 3 aromatic rings. The van der Waals surface area contributed by atoms with E-state index in [1.54, 1.807) is 0 Å². The van der Waals surface area contributed by atoms with Crippen molar-refractivity contribution in [2.24, 2.45) is 5.73 Å². The number of piperazine rings is 1. The van der Waals surface area contributed by atoms with Crippen LogP contribution in [0.2, 0.25) is 0 Å². The molecular formula is C32H41N7O3. The summed E-state index contributed by atoms with van der Waals surface area (Å²) >= 11 is 0. The third kappa shape index (κ3) is 7.37. The number of nitrogens with two attached hydrogens (primary N) is 1. The summed E-state index contributed by atoms with van der Waals surface area (Å²) in [5.74, 6) is 0.883. The summed E-state index contributed by atoms with van der Waals surface area (Å²) in [7, 11) is 0. The number of amides is 3. The number of rotatable bonds is 9. The van der Waals surface area contributed by atoms with Crippen LogP contribution in [-0.4, -0.2) is 92.3 Å². The van der Waals surface area contributed by atoms with Crippen molar-refractivity contribution in [3.63, 3.8) is 0 Å². The average Bonchev–Trinajstić information content (AvgIpc) is 3.03. The third-order valence-corrected chi connectivity index (χ3v) is 7.72. The van der Waals surface area contributed by atoms with Gasteiger partial charge >= 0.3 is 6.03 Å². The molecule has 1 aromatic heterocycles. The lowest BCUT2D eigenvalue weighted by molar-refractivity contribution is -0.114. The molecule has 2 aromatic carbocycles. The van der Waals surface area contributed by atoms with E-state index in [1.807, 2.05) is 46.3 Å². The molecule has 2 fully saturated rings. The number of morpholine rings is 1. The number of hydrogen-bond acceptors (Lipinski definition) is 7. The highest BCUT2D eigenvalue weighted by Crippen LogP contribution is 2.33. The van der Waals surface area contributed by atoms with Crippen LogP contribution in [0.5, 0.6) is 0 Å². The van der Waals surface area contributed by atoms with E-state index in [0.29, 0.717) is 45.9 Å². The number of hydrogen-bond donors (Lipinski definition) is 2. The Morgan fingerprint density at radius 1 is 0.929 bits per heavy atom. The summed E-state index contributed by atoms with van der Waals surface area (Å²) in [6, 6.07) is 20.5. The second kappa shape index (κ2) is 14.2. The molecule has 2 saturated heterocycles. The number of ether oxygens (including phenoxy) is 1. The van der Waals surface area contributed by atoms with Crippen LogP contribution in [-0.2, 0) is 16.1 Å². The summed E-state index contributed by atoms with van der Waals surface area (Å²) in [5.41, 5.74) is 10.7. The zero-order valence-corrected chi connectivity index (χ0v) is 24.4. The Morgan fingerprint density at radius 3 is 2.40 bits per heavy atom. The highest BCUT2D eigenvalue weighted by atomic mass is 16.5. The molecule has 3 N–H and O–H groups in total. The summed E-state index contributed by atoms with van der Waals surface area (Å²) < 4.78 is 5.43. The van der Waals surface area contributed by atoms with Crippen LogP contribution in [0, 0.1) is 0 Å². The highest BCUT2D eigenvalue weighted by Gasteiger charge is 2.24. The number of carbonyl (C=O) groups is 2. The molecule has 222 valence electrons. The Bertz CT molecular complexity index is 1340. The Hall–Kier alpha value is -4.15. The van der Waals surface area contributed by atoms with E-state index in [4.69, 9.17) is 10.5 Å². The summed E-state index contributed by atoms with van der Waals surface area (Å²) in [4.78, 5) is 38.3. The number of aromatic nitrogens is 1. The third-order valence-electron chi connectivity index (χ3n) is 7.72. The minimum Gasteiger partial charge on any atom is -0.378 e. The molecule has 0 spiro atoms. The molecule has 0 bridgehead atoms. The Morgan fingerprint density at radius 2 is 1.69 bits per heavy atom. The first-order valence-electron chi connectivity index (χ1n) is 14.8. The van der Waals surface area contributed by atoms with Gasteiger partial charge in [-0.15, -0.1) is 0 Å². The number of urea groups is 1. The van der Waals surface area contributed by atoms with Crippen molar-refractivity contribution >= 4 is 29.1 Å². The summed E-state index contributed by atoms with van der Waals surface area (Å²) in [6.07, 6.45) is 2.57. The molecule has 0 saturated carbocycles. The molecule has 10 nitrogen and oxygen atoms in total. The smallest absolute Gasteiger partial charge is 0.320 e. The maximum Gasteiger partial charge on any atom is 0.320 e. The van der Waals surface area contributed by atoms with Gasteiger partial charge in [0, 0.05) is 65.5 Å². The van der Waals surface area contributed by atoms with Crippen LogP contribution in [0.3, 0.4) is 0 Å². The molecule has 3 heterocycles. The fourth-order valence-corrected chi connectivity index (χ4v) is 5.55.